The third kappa shape index (κ3) is 12.1. The van der Waals surface area contributed by atoms with E-state index in [2.05, 4.69) is 52.2 Å². The lowest BCUT2D eigenvalue weighted by atomic mass is 9.43. The molecule has 0 saturated heterocycles. The van der Waals surface area contributed by atoms with E-state index < -0.39 is 43.9 Å². The van der Waals surface area contributed by atoms with Crippen molar-refractivity contribution >= 4 is 44.0 Å². The fourth-order valence-corrected chi connectivity index (χ4v) is 19.9. The first-order valence-electron chi connectivity index (χ1n) is 28.8. The van der Waals surface area contributed by atoms with Crippen molar-refractivity contribution in [2.45, 2.75) is 207 Å². The Hall–Kier alpha value is -2.38. The van der Waals surface area contributed by atoms with Crippen molar-refractivity contribution < 1.29 is 64.8 Å². The molecule has 0 spiro atoms. The first-order valence-corrected chi connectivity index (χ1v) is 32.1. The maximum Gasteiger partial charge on any atom is 0.306 e. The van der Waals surface area contributed by atoms with Gasteiger partial charge < -0.3 is 30.3 Å². The lowest BCUT2D eigenvalue weighted by Crippen LogP contribution is -2.58. The molecule has 8 aliphatic rings. The van der Waals surface area contributed by atoms with Gasteiger partial charge in [-0.15, -0.1) is 0 Å². The lowest BCUT2D eigenvalue weighted by Gasteiger charge is -2.62. The number of fused-ring (bicyclic) bond motifs is 10. The molecule has 16 nitrogen and oxygen atoms in total. The molecule has 2 amide bonds. The average Bonchev–Trinajstić information content (AvgIpc) is 3.86. The Bertz CT molecular complexity index is 2130. The van der Waals surface area contributed by atoms with E-state index in [0.29, 0.717) is 98.7 Å². The highest BCUT2D eigenvalue weighted by Crippen LogP contribution is 2.70. The molecule has 0 aromatic carbocycles. The van der Waals surface area contributed by atoms with E-state index >= 15 is 0 Å². The van der Waals surface area contributed by atoms with Crippen LogP contribution >= 0.6 is 0 Å². The zero-order chi connectivity index (χ0) is 53.8. The lowest BCUT2D eigenvalue weighted by molar-refractivity contribution is -0.185. The van der Waals surface area contributed by atoms with Crippen molar-refractivity contribution in [1.29, 1.82) is 0 Å². The van der Waals surface area contributed by atoms with Crippen LogP contribution in [-0.4, -0.2) is 109 Å². The molecule has 6 N–H and O–H groups in total. The second-order valence-corrected chi connectivity index (χ2v) is 29.8. The van der Waals surface area contributed by atoms with Crippen LogP contribution in [0.25, 0.3) is 0 Å². The van der Waals surface area contributed by atoms with E-state index in [1.807, 2.05) is 0 Å². The van der Waals surface area contributed by atoms with Gasteiger partial charge in [-0.1, -0.05) is 41.5 Å². The monoisotopic (exact) mass is 1080 g/mol. The second-order valence-electron chi connectivity index (χ2n) is 26.6. The van der Waals surface area contributed by atoms with Crippen LogP contribution in [0.2, 0.25) is 0 Å². The quantitative estimate of drug-likeness (QED) is 0.0536. The first kappa shape index (κ1) is 57.8. The number of carbonyl (C=O) groups excluding carboxylic acids is 4. The molecule has 8 aliphatic carbocycles. The second kappa shape index (κ2) is 22.4. The molecule has 3 unspecified atom stereocenters. The molecule has 0 radical (unpaired) electrons. The summed E-state index contributed by atoms with van der Waals surface area (Å²) in [5.74, 6) is 1.67. The molecule has 8 rings (SSSR count). The Labute approximate surface area is 442 Å². The summed E-state index contributed by atoms with van der Waals surface area (Å²) in [6.07, 6.45) is 15.2. The van der Waals surface area contributed by atoms with Crippen LogP contribution in [0.15, 0.2) is 0 Å². The van der Waals surface area contributed by atoms with Crippen molar-refractivity contribution in [3.05, 3.63) is 0 Å². The van der Waals surface area contributed by atoms with Gasteiger partial charge in [-0.3, -0.25) is 28.3 Å². The van der Waals surface area contributed by atoms with Crippen molar-refractivity contribution in [2.24, 2.45) is 92.7 Å². The first-order chi connectivity index (χ1) is 34.6. The Balaban J connectivity index is 0.763. The van der Waals surface area contributed by atoms with Gasteiger partial charge in [-0.2, -0.15) is 16.8 Å². The molecule has 8 fully saturated rings. The third-order valence-electron chi connectivity index (χ3n) is 22.9. The van der Waals surface area contributed by atoms with Gasteiger partial charge in [0.1, 0.15) is 12.2 Å². The maximum atomic E-state index is 13.3. The predicted octanol–water partition coefficient (Wildman–Crippen LogP) is 7.69. The zero-order valence-corrected chi connectivity index (χ0v) is 46.9. The number of hydrogen-bond donors (Lipinski definition) is 6. The molecule has 0 heterocycles. The normalized spacial score (nSPS) is 42.4. The van der Waals surface area contributed by atoms with Gasteiger partial charge in [0.05, 0.1) is 36.6 Å². The summed E-state index contributed by atoms with van der Waals surface area (Å²) >= 11 is 0. The number of nitrogens with one attached hydrogen (secondary N) is 2. The standard InChI is InChI=1S/C56H92N2O14S2/c1-33(7-13-47(61)57-25-27-73(65,66)67)39-9-11-41-51-43(19-23-55(39,41)5)53(3)21-17-37(29-35(53)31-45(51)59)71-49(63)15-16-50(64)72-38-18-22-54(4)36(30-38)32-46(60)52-42-12-10-40(56(42,6)24-20-44(52)54)34(2)8-14-48(62)58-26-28-74(68,69)70/h33-46,51-52,59-60H,7-32H2,1-6H3,(H,57,61)(H,58,62)(H,65,66,67)(H,68,69,70)/t33-,34-,35?,36?,37+,38+,39-,40-,41-,42-,43-,44-,45+,46+,51-,52?,53+,54+,55-,56-/m1/s1. The molecule has 0 aromatic heterocycles. The SMILES string of the molecule is C[C@H](CCC(=O)NCCS(=O)(=O)O)[C@H]1CC[C@@H]2[C@@H]3[C@@H](CC[C@@]21C)[C@@]1(C)CC[C@H](OC(=O)CCC(=O)O[C@H]2CC[C@@]4(C)C(C2)C[C@H](O)C2[C@H]5CC[C@H]([C@H](C)CCC(=O)NCCS(=O)(=O)O)[C@@]5(C)CC[C@H]24)CC1C[C@@H]3O. The Morgan fingerprint density at radius 2 is 0.865 bits per heavy atom. The smallest absolute Gasteiger partial charge is 0.306 e. The van der Waals surface area contributed by atoms with Crippen molar-refractivity contribution in [2.75, 3.05) is 24.6 Å². The predicted molar refractivity (Wildman–Crippen MR) is 278 cm³/mol. The topological polar surface area (TPSA) is 260 Å². The summed E-state index contributed by atoms with van der Waals surface area (Å²) in [5, 5.41) is 29.2. The minimum Gasteiger partial charge on any atom is -0.462 e. The van der Waals surface area contributed by atoms with Gasteiger partial charge in [0.25, 0.3) is 20.2 Å². The van der Waals surface area contributed by atoms with Gasteiger partial charge in [0.15, 0.2) is 0 Å². The van der Waals surface area contributed by atoms with E-state index in [-0.39, 0.29) is 107 Å². The number of aliphatic hydroxyl groups excluding tert-OH is 2. The number of ether oxygens (including phenoxy) is 2. The number of aliphatic hydroxyl groups is 2. The number of amides is 2. The Morgan fingerprint density at radius 1 is 0.514 bits per heavy atom. The molecule has 0 aromatic rings. The van der Waals surface area contributed by atoms with E-state index in [1.54, 1.807) is 0 Å². The highest BCUT2D eigenvalue weighted by atomic mass is 32.2. The molecular formula is C56H92N2O14S2. The van der Waals surface area contributed by atoms with Crippen LogP contribution in [0.3, 0.4) is 0 Å². The van der Waals surface area contributed by atoms with Crippen LogP contribution in [0.4, 0.5) is 0 Å². The van der Waals surface area contributed by atoms with E-state index in [1.165, 1.54) is 0 Å². The van der Waals surface area contributed by atoms with Gasteiger partial charge in [0.2, 0.25) is 11.8 Å². The van der Waals surface area contributed by atoms with Crippen molar-refractivity contribution in [3.63, 3.8) is 0 Å². The number of esters is 2. The summed E-state index contributed by atoms with van der Waals surface area (Å²) < 4.78 is 74.4. The van der Waals surface area contributed by atoms with Crippen molar-refractivity contribution in [3.8, 4) is 0 Å². The van der Waals surface area contributed by atoms with Gasteiger partial charge in [-0.25, -0.2) is 0 Å². The van der Waals surface area contributed by atoms with Crippen LogP contribution in [-0.2, 0) is 48.9 Å². The van der Waals surface area contributed by atoms with Crippen LogP contribution in [0.5, 0.6) is 0 Å². The fraction of sp³-hybridized carbons (Fsp3) is 0.929. The molecule has 18 heteroatoms. The number of carbonyl (C=O) groups is 4. The van der Waals surface area contributed by atoms with Crippen LogP contribution in [0, 0.1) is 92.7 Å². The summed E-state index contributed by atoms with van der Waals surface area (Å²) in [6.45, 7) is 13.9. The average molecular weight is 1080 g/mol. The van der Waals surface area contributed by atoms with E-state index in [9.17, 15) is 46.2 Å². The minimum atomic E-state index is -4.13. The summed E-state index contributed by atoms with van der Waals surface area (Å²) in [4.78, 5) is 51.7. The third-order valence-corrected chi connectivity index (χ3v) is 24.4. The number of rotatable bonds is 19. The fourth-order valence-electron chi connectivity index (χ4n) is 19.2. The molecule has 74 heavy (non-hydrogen) atoms. The molecule has 422 valence electrons. The van der Waals surface area contributed by atoms with Crippen LogP contribution < -0.4 is 10.6 Å². The van der Waals surface area contributed by atoms with Gasteiger partial charge in [-0.05, 0) is 208 Å². The molecule has 8 saturated carbocycles. The zero-order valence-electron chi connectivity index (χ0n) is 45.3. The Kier molecular flexibility index (Phi) is 17.5. The maximum absolute atomic E-state index is 13.3. The molecular weight excluding hydrogens is 989 g/mol. The van der Waals surface area contributed by atoms with Gasteiger partial charge >= 0.3 is 11.9 Å². The highest BCUT2D eigenvalue weighted by molar-refractivity contribution is 7.86. The van der Waals surface area contributed by atoms with E-state index in [4.69, 9.17) is 18.6 Å². The van der Waals surface area contributed by atoms with Crippen molar-refractivity contribution in [1.82, 2.24) is 10.6 Å². The molecule has 0 aliphatic heterocycles. The van der Waals surface area contributed by atoms with Crippen LogP contribution in [0.1, 0.15) is 183 Å². The minimum absolute atomic E-state index is 0.0341. The van der Waals surface area contributed by atoms with E-state index in [0.717, 1.165) is 77.0 Å². The molecule has 20 atom stereocenters. The van der Waals surface area contributed by atoms with Gasteiger partial charge in [0, 0.05) is 25.9 Å². The molecule has 0 bridgehead atoms. The largest absolute Gasteiger partial charge is 0.462 e. The Morgan fingerprint density at radius 3 is 1.23 bits per heavy atom. The number of hydrogen-bond acceptors (Lipinski definition) is 12. The summed E-state index contributed by atoms with van der Waals surface area (Å²) in [5.41, 5.74) is 0.193. The highest BCUT2D eigenvalue weighted by Gasteiger charge is 2.65. The summed E-state index contributed by atoms with van der Waals surface area (Å²) in [7, 11) is -8.26. The summed E-state index contributed by atoms with van der Waals surface area (Å²) in [6, 6.07) is 0.